The number of nitrogens with zero attached hydrogens (tertiary/aromatic N) is 4. The number of fused-ring (bicyclic) bond motifs is 1. The fourth-order valence-corrected chi connectivity index (χ4v) is 4.18. The molecule has 142 valence electrons. The Morgan fingerprint density at radius 1 is 1.04 bits per heavy atom. The van der Waals surface area contributed by atoms with Crippen molar-refractivity contribution < 1.29 is 13.2 Å². The Hall–Kier alpha value is -2.39. The molecule has 0 saturated carbocycles. The van der Waals surface area contributed by atoms with Crippen LogP contribution in [0.15, 0.2) is 47.4 Å². The number of halogens is 3. The molecule has 4 rings (SSSR count). The van der Waals surface area contributed by atoms with Gasteiger partial charge in [0.2, 0.25) is 0 Å². The standard InChI is InChI=1S/C18H17F3N4OS/c19-18(20,21)13-5-6-16(22-11-13)24-9-7-23(8-10-24)12-25-17(26)14-3-1-2-4-15(14)27-25/h1-6,11H,7-10,12H2. The van der Waals surface area contributed by atoms with Gasteiger partial charge < -0.3 is 4.90 Å². The van der Waals surface area contributed by atoms with E-state index >= 15 is 0 Å². The summed E-state index contributed by atoms with van der Waals surface area (Å²) in [5.41, 5.74) is -0.726. The third-order valence-corrected chi connectivity index (χ3v) is 5.71. The molecule has 0 N–H and O–H groups in total. The zero-order chi connectivity index (χ0) is 19.0. The SMILES string of the molecule is O=c1c2ccccc2sn1CN1CCN(c2ccc(C(F)(F)F)cn2)CC1. The van der Waals surface area contributed by atoms with Crippen LogP contribution >= 0.6 is 11.5 Å². The lowest BCUT2D eigenvalue weighted by Crippen LogP contribution is -2.47. The predicted molar refractivity (Wildman–Crippen MR) is 99.1 cm³/mol. The topological polar surface area (TPSA) is 41.4 Å². The Morgan fingerprint density at radius 3 is 2.41 bits per heavy atom. The van der Waals surface area contributed by atoms with Gasteiger partial charge >= 0.3 is 6.18 Å². The summed E-state index contributed by atoms with van der Waals surface area (Å²) in [6, 6.07) is 10.0. The Bertz CT molecular complexity index is 988. The smallest absolute Gasteiger partial charge is 0.354 e. The molecule has 0 atom stereocenters. The summed E-state index contributed by atoms with van der Waals surface area (Å²) in [4.78, 5) is 20.5. The lowest BCUT2D eigenvalue weighted by molar-refractivity contribution is -0.137. The van der Waals surface area contributed by atoms with E-state index in [2.05, 4.69) is 9.88 Å². The molecule has 3 aromatic rings. The maximum Gasteiger partial charge on any atom is 0.417 e. The molecule has 0 bridgehead atoms. The third-order valence-electron chi connectivity index (χ3n) is 4.65. The van der Waals surface area contributed by atoms with Gasteiger partial charge in [-0.15, -0.1) is 0 Å². The molecule has 1 saturated heterocycles. The second-order valence-corrected chi connectivity index (χ2v) is 7.48. The van der Waals surface area contributed by atoms with Crippen molar-refractivity contribution in [1.82, 2.24) is 13.8 Å². The minimum Gasteiger partial charge on any atom is -0.354 e. The average molecular weight is 394 g/mol. The van der Waals surface area contributed by atoms with Crippen LogP contribution in [0.25, 0.3) is 10.1 Å². The van der Waals surface area contributed by atoms with Gasteiger partial charge in [0.15, 0.2) is 0 Å². The molecular formula is C18H17F3N4OS. The Balaban J connectivity index is 1.40. The van der Waals surface area contributed by atoms with E-state index in [0.29, 0.717) is 38.7 Å². The van der Waals surface area contributed by atoms with E-state index in [9.17, 15) is 18.0 Å². The van der Waals surface area contributed by atoms with E-state index < -0.39 is 11.7 Å². The number of anilines is 1. The zero-order valence-corrected chi connectivity index (χ0v) is 15.1. The highest BCUT2D eigenvalue weighted by Gasteiger charge is 2.31. The van der Waals surface area contributed by atoms with Gasteiger partial charge in [-0.25, -0.2) is 8.94 Å². The molecule has 5 nitrogen and oxygen atoms in total. The first-order chi connectivity index (χ1) is 12.9. The number of rotatable bonds is 3. The summed E-state index contributed by atoms with van der Waals surface area (Å²) in [6.07, 6.45) is -3.50. The molecule has 3 heterocycles. The fraction of sp³-hybridized carbons (Fsp3) is 0.333. The molecule has 1 aliphatic rings. The number of piperazine rings is 1. The molecule has 1 aliphatic heterocycles. The molecule has 0 unspecified atom stereocenters. The van der Waals surface area contributed by atoms with Crippen molar-refractivity contribution in [3.63, 3.8) is 0 Å². The number of hydrogen-bond acceptors (Lipinski definition) is 5. The summed E-state index contributed by atoms with van der Waals surface area (Å²) >= 11 is 1.45. The summed E-state index contributed by atoms with van der Waals surface area (Å²) < 4.78 is 40.6. The first-order valence-corrected chi connectivity index (χ1v) is 9.28. The van der Waals surface area contributed by atoms with Crippen LogP contribution in [0.4, 0.5) is 19.0 Å². The van der Waals surface area contributed by atoms with Gasteiger partial charge in [0, 0.05) is 32.4 Å². The number of benzene rings is 1. The highest BCUT2D eigenvalue weighted by atomic mass is 32.1. The van der Waals surface area contributed by atoms with E-state index in [1.54, 1.807) is 3.96 Å². The number of alkyl halides is 3. The Kier molecular flexibility index (Phi) is 4.65. The predicted octanol–water partition coefficient (Wildman–Crippen LogP) is 3.26. The van der Waals surface area contributed by atoms with Crippen molar-refractivity contribution in [2.45, 2.75) is 12.8 Å². The lowest BCUT2D eigenvalue weighted by Gasteiger charge is -2.35. The van der Waals surface area contributed by atoms with Crippen molar-refractivity contribution in [2.24, 2.45) is 0 Å². The van der Waals surface area contributed by atoms with Crippen LogP contribution in [-0.4, -0.2) is 40.0 Å². The van der Waals surface area contributed by atoms with Gasteiger partial charge in [0.05, 0.1) is 22.3 Å². The second-order valence-electron chi connectivity index (χ2n) is 6.42. The van der Waals surface area contributed by atoms with E-state index in [1.165, 1.54) is 17.6 Å². The van der Waals surface area contributed by atoms with Crippen LogP contribution in [0.5, 0.6) is 0 Å². The lowest BCUT2D eigenvalue weighted by atomic mass is 10.2. The van der Waals surface area contributed by atoms with Crippen molar-refractivity contribution in [3.05, 3.63) is 58.5 Å². The Morgan fingerprint density at radius 2 is 1.78 bits per heavy atom. The van der Waals surface area contributed by atoms with Crippen molar-refractivity contribution in [3.8, 4) is 0 Å². The molecule has 0 spiro atoms. The first-order valence-electron chi connectivity index (χ1n) is 8.51. The highest BCUT2D eigenvalue weighted by Crippen LogP contribution is 2.29. The number of pyridine rings is 1. The monoisotopic (exact) mass is 394 g/mol. The quantitative estimate of drug-likeness (QED) is 0.684. The van der Waals surface area contributed by atoms with Crippen LogP contribution in [0.2, 0.25) is 0 Å². The average Bonchev–Trinajstić information content (AvgIpc) is 2.98. The van der Waals surface area contributed by atoms with Crippen molar-refractivity contribution >= 4 is 27.4 Å². The van der Waals surface area contributed by atoms with Crippen molar-refractivity contribution in [1.29, 1.82) is 0 Å². The fourth-order valence-electron chi connectivity index (χ4n) is 3.15. The molecule has 27 heavy (non-hydrogen) atoms. The highest BCUT2D eigenvalue weighted by molar-refractivity contribution is 7.13. The Labute approximate surface area is 157 Å². The largest absolute Gasteiger partial charge is 0.417 e. The van der Waals surface area contributed by atoms with E-state index in [4.69, 9.17) is 0 Å². The van der Waals surface area contributed by atoms with E-state index in [0.717, 1.165) is 22.3 Å². The molecule has 0 radical (unpaired) electrons. The molecule has 1 fully saturated rings. The van der Waals surface area contributed by atoms with Crippen molar-refractivity contribution in [2.75, 3.05) is 31.1 Å². The summed E-state index contributed by atoms with van der Waals surface area (Å²) in [7, 11) is 0. The molecule has 9 heteroatoms. The summed E-state index contributed by atoms with van der Waals surface area (Å²) in [5.74, 6) is 0.543. The van der Waals surface area contributed by atoms with Gasteiger partial charge in [0.25, 0.3) is 5.56 Å². The summed E-state index contributed by atoms with van der Waals surface area (Å²) in [6.45, 7) is 3.25. The molecule has 2 aromatic heterocycles. The van der Waals surface area contributed by atoms with Gasteiger partial charge in [-0.1, -0.05) is 23.7 Å². The van der Waals surface area contributed by atoms with Crippen LogP contribution in [-0.2, 0) is 12.8 Å². The first kappa shape index (κ1) is 18.0. The summed E-state index contributed by atoms with van der Waals surface area (Å²) in [5, 5.41) is 0.732. The van der Waals surface area contributed by atoms with Crippen LogP contribution in [0.3, 0.4) is 0 Å². The van der Waals surface area contributed by atoms with Crippen LogP contribution in [0.1, 0.15) is 5.56 Å². The van der Waals surface area contributed by atoms with Gasteiger partial charge in [-0.2, -0.15) is 13.2 Å². The minimum atomic E-state index is -4.37. The maximum atomic E-state index is 12.6. The van der Waals surface area contributed by atoms with E-state index in [1.807, 2.05) is 29.2 Å². The zero-order valence-electron chi connectivity index (χ0n) is 14.3. The van der Waals surface area contributed by atoms with Crippen LogP contribution < -0.4 is 10.5 Å². The number of aromatic nitrogens is 2. The molecule has 1 aromatic carbocycles. The molecule has 0 aliphatic carbocycles. The maximum absolute atomic E-state index is 12.6. The van der Waals surface area contributed by atoms with Crippen LogP contribution in [0, 0.1) is 0 Å². The van der Waals surface area contributed by atoms with Gasteiger partial charge in [-0.05, 0) is 24.3 Å². The molecular weight excluding hydrogens is 377 g/mol. The molecule has 0 amide bonds. The van der Waals surface area contributed by atoms with Gasteiger partial charge in [0.1, 0.15) is 5.82 Å². The number of hydrogen-bond donors (Lipinski definition) is 0. The minimum absolute atomic E-state index is 0.0161. The second kappa shape index (κ2) is 6.97. The normalized spacial score (nSPS) is 16.2. The van der Waals surface area contributed by atoms with E-state index in [-0.39, 0.29) is 5.56 Å². The van der Waals surface area contributed by atoms with Gasteiger partial charge in [-0.3, -0.25) is 9.69 Å². The third kappa shape index (κ3) is 3.70.